The van der Waals surface area contributed by atoms with Crippen LogP contribution >= 0.6 is 0 Å². The normalized spacial score (nSPS) is 19.3. The Morgan fingerprint density at radius 2 is 2.28 bits per heavy atom. The molecule has 0 saturated carbocycles. The van der Waals surface area contributed by atoms with Crippen LogP contribution in [0.25, 0.3) is 0 Å². The molecule has 18 heavy (non-hydrogen) atoms. The number of hydrogen-bond donors (Lipinski definition) is 1. The molecule has 1 aromatic heterocycles. The lowest BCUT2D eigenvalue weighted by atomic mass is 10.1. The molecule has 7 heteroatoms. The zero-order valence-electron chi connectivity index (χ0n) is 9.75. The molecule has 0 aromatic carbocycles. The lowest BCUT2D eigenvalue weighted by Crippen LogP contribution is -2.58. The number of carbonyl (C=O) groups excluding carboxylic acids is 2. The van der Waals surface area contributed by atoms with E-state index in [9.17, 15) is 9.59 Å². The van der Waals surface area contributed by atoms with Gasteiger partial charge in [0.1, 0.15) is 17.9 Å². The summed E-state index contributed by atoms with van der Waals surface area (Å²) in [6.07, 6.45) is 3.27. The minimum Gasteiger partial charge on any atom is -0.334 e. The third-order valence-corrected chi connectivity index (χ3v) is 2.69. The van der Waals surface area contributed by atoms with Crippen LogP contribution in [0.15, 0.2) is 12.4 Å². The highest BCUT2D eigenvalue weighted by Gasteiger charge is 2.33. The maximum Gasteiger partial charge on any atom is 0.249 e. The largest absolute Gasteiger partial charge is 0.334 e. The molecule has 7 nitrogen and oxygen atoms in total. The third-order valence-electron chi connectivity index (χ3n) is 2.69. The number of piperazine rings is 1. The van der Waals surface area contributed by atoms with E-state index in [-0.39, 0.29) is 24.1 Å². The number of anilines is 1. The maximum absolute atomic E-state index is 11.7. The predicted octanol–water partition coefficient (Wildman–Crippen LogP) is -0.410. The molecule has 0 radical (unpaired) electrons. The van der Waals surface area contributed by atoms with Crippen molar-refractivity contribution in [2.24, 2.45) is 0 Å². The lowest BCUT2D eigenvalue weighted by molar-refractivity contribution is -0.132. The highest BCUT2D eigenvalue weighted by molar-refractivity contribution is 6.04. The van der Waals surface area contributed by atoms with Crippen LogP contribution in [0.2, 0.25) is 0 Å². The van der Waals surface area contributed by atoms with E-state index in [1.807, 2.05) is 13.0 Å². The summed E-state index contributed by atoms with van der Waals surface area (Å²) < 4.78 is 0. The molecule has 1 aromatic rings. The molecule has 1 atom stereocenters. The van der Waals surface area contributed by atoms with Crippen LogP contribution < -0.4 is 10.2 Å². The molecule has 2 amide bonds. The summed E-state index contributed by atoms with van der Waals surface area (Å²) in [5, 5.41) is 10.9. The third kappa shape index (κ3) is 2.13. The Bertz CT molecular complexity index is 519. The van der Waals surface area contributed by atoms with E-state index in [4.69, 9.17) is 5.26 Å². The zero-order chi connectivity index (χ0) is 13.1. The van der Waals surface area contributed by atoms with E-state index in [0.29, 0.717) is 12.2 Å². The number of rotatable bonds is 2. The first-order valence-electron chi connectivity index (χ1n) is 5.48. The SMILES string of the molecule is CCC1C(=O)NC(=O)CN1c1cnc(C#N)cn1. The second-order valence-corrected chi connectivity index (χ2v) is 3.84. The van der Waals surface area contributed by atoms with Gasteiger partial charge in [0, 0.05) is 0 Å². The predicted molar refractivity (Wildman–Crippen MR) is 61.3 cm³/mol. The highest BCUT2D eigenvalue weighted by Crippen LogP contribution is 2.17. The molecule has 92 valence electrons. The smallest absolute Gasteiger partial charge is 0.249 e. The van der Waals surface area contributed by atoms with E-state index in [1.54, 1.807) is 4.90 Å². The molecule has 1 aliphatic heterocycles. The first kappa shape index (κ1) is 12.0. The number of amides is 2. The minimum absolute atomic E-state index is 0.0603. The summed E-state index contributed by atoms with van der Waals surface area (Å²) in [6, 6.07) is 1.42. The maximum atomic E-state index is 11.7. The Balaban J connectivity index is 2.31. The molecule has 2 rings (SSSR count). The highest BCUT2D eigenvalue weighted by atomic mass is 16.2. The fourth-order valence-corrected chi connectivity index (χ4v) is 1.84. The van der Waals surface area contributed by atoms with Crippen LogP contribution in [0.4, 0.5) is 5.82 Å². The first-order chi connectivity index (χ1) is 8.65. The van der Waals surface area contributed by atoms with Crippen molar-refractivity contribution in [3.63, 3.8) is 0 Å². The standard InChI is InChI=1S/C11H11N5O2/c1-2-8-11(18)15-10(17)6-16(8)9-5-13-7(3-12)4-14-9/h4-5,8H,2,6H2,1H3,(H,15,17,18). The van der Waals surface area contributed by atoms with E-state index in [0.717, 1.165) is 0 Å². The molecule has 0 bridgehead atoms. The van der Waals surface area contributed by atoms with Crippen molar-refractivity contribution in [2.45, 2.75) is 19.4 Å². The van der Waals surface area contributed by atoms with Gasteiger partial charge < -0.3 is 4.90 Å². The topological polar surface area (TPSA) is 99.0 Å². The van der Waals surface area contributed by atoms with Crippen LogP contribution in [0.5, 0.6) is 0 Å². The quantitative estimate of drug-likeness (QED) is 0.711. The number of nitrogens with zero attached hydrogens (tertiary/aromatic N) is 4. The van der Waals surface area contributed by atoms with Gasteiger partial charge in [-0.15, -0.1) is 0 Å². The molecule has 1 fully saturated rings. The van der Waals surface area contributed by atoms with Gasteiger partial charge in [-0.1, -0.05) is 6.92 Å². The average Bonchev–Trinajstić information content (AvgIpc) is 2.38. The van der Waals surface area contributed by atoms with Crippen LogP contribution in [0, 0.1) is 11.3 Å². The molecular weight excluding hydrogens is 234 g/mol. The lowest BCUT2D eigenvalue weighted by Gasteiger charge is -2.33. The van der Waals surface area contributed by atoms with Crippen LogP contribution in [-0.2, 0) is 9.59 Å². The Hall–Kier alpha value is -2.49. The second kappa shape index (κ2) is 4.79. The van der Waals surface area contributed by atoms with Gasteiger partial charge in [-0.3, -0.25) is 14.9 Å². The van der Waals surface area contributed by atoms with Crippen LogP contribution in [0.3, 0.4) is 0 Å². The van der Waals surface area contributed by atoms with E-state index in [1.165, 1.54) is 12.4 Å². The van der Waals surface area contributed by atoms with Crippen molar-refractivity contribution >= 4 is 17.6 Å². The van der Waals surface area contributed by atoms with Crippen molar-refractivity contribution in [1.82, 2.24) is 15.3 Å². The molecule has 1 saturated heterocycles. The number of hydrogen-bond acceptors (Lipinski definition) is 6. The Morgan fingerprint density at radius 1 is 1.50 bits per heavy atom. The zero-order valence-corrected chi connectivity index (χ0v) is 9.75. The van der Waals surface area contributed by atoms with Gasteiger partial charge >= 0.3 is 0 Å². The van der Waals surface area contributed by atoms with E-state index in [2.05, 4.69) is 15.3 Å². The molecular formula is C11H11N5O2. The summed E-state index contributed by atoms with van der Waals surface area (Å²) in [7, 11) is 0. The van der Waals surface area contributed by atoms with Gasteiger partial charge in [-0.05, 0) is 6.42 Å². The number of nitrogens with one attached hydrogen (secondary N) is 1. The van der Waals surface area contributed by atoms with E-state index >= 15 is 0 Å². The molecule has 1 aliphatic rings. The number of nitriles is 1. The van der Waals surface area contributed by atoms with Crippen molar-refractivity contribution < 1.29 is 9.59 Å². The number of aromatic nitrogens is 2. The Labute approximate surface area is 103 Å². The summed E-state index contributed by atoms with van der Waals surface area (Å²) >= 11 is 0. The van der Waals surface area contributed by atoms with Gasteiger partial charge in [0.2, 0.25) is 11.8 Å². The Kier molecular flexibility index (Phi) is 3.19. The summed E-state index contributed by atoms with van der Waals surface area (Å²) in [5.74, 6) is -0.278. The van der Waals surface area contributed by atoms with Gasteiger partial charge in [-0.2, -0.15) is 5.26 Å². The fraction of sp³-hybridized carbons (Fsp3) is 0.364. The van der Waals surface area contributed by atoms with Gasteiger partial charge in [0.25, 0.3) is 0 Å². The second-order valence-electron chi connectivity index (χ2n) is 3.84. The summed E-state index contributed by atoms with van der Waals surface area (Å²) in [4.78, 5) is 32.6. The van der Waals surface area contributed by atoms with E-state index < -0.39 is 6.04 Å². The van der Waals surface area contributed by atoms with Gasteiger partial charge in [-0.25, -0.2) is 9.97 Å². The Morgan fingerprint density at radius 3 is 2.83 bits per heavy atom. The number of carbonyl (C=O) groups is 2. The monoisotopic (exact) mass is 245 g/mol. The van der Waals surface area contributed by atoms with Gasteiger partial charge in [0.15, 0.2) is 5.69 Å². The van der Waals surface area contributed by atoms with Crippen molar-refractivity contribution in [2.75, 3.05) is 11.4 Å². The molecule has 1 N–H and O–H groups in total. The summed E-state index contributed by atoms with van der Waals surface area (Å²) in [5.41, 5.74) is 0.194. The van der Waals surface area contributed by atoms with Crippen molar-refractivity contribution in [3.8, 4) is 6.07 Å². The molecule has 2 heterocycles. The van der Waals surface area contributed by atoms with Crippen LogP contribution in [-0.4, -0.2) is 34.4 Å². The first-order valence-corrected chi connectivity index (χ1v) is 5.48. The average molecular weight is 245 g/mol. The number of imide groups is 1. The minimum atomic E-state index is -0.440. The molecule has 0 aliphatic carbocycles. The fourth-order valence-electron chi connectivity index (χ4n) is 1.84. The van der Waals surface area contributed by atoms with Crippen molar-refractivity contribution in [1.29, 1.82) is 5.26 Å². The van der Waals surface area contributed by atoms with Crippen molar-refractivity contribution in [3.05, 3.63) is 18.1 Å². The molecule has 1 unspecified atom stereocenters. The molecule has 0 spiro atoms. The van der Waals surface area contributed by atoms with Crippen LogP contribution in [0.1, 0.15) is 19.0 Å². The summed E-state index contributed by atoms with van der Waals surface area (Å²) in [6.45, 7) is 1.91. The van der Waals surface area contributed by atoms with Gasteiger partial charge in [0.05, 0.1) is 18.9 Å².